The van der Waals surface area contributed by atoms with E-state index in [9.17, 15) is 4.79 Å². The molecule has 0 saturated heterocycles. The van der Waals surface area contributed by atoms with E-state index in [1.165, 1.54) is 4.90 Å². The first-order valence-electron chi connectivity index (χ1n) is 4.00. The number of allylic oxidation sites excluding steroid dienone is 1. The fourth-order valence-electron chi connectivity index (χ4n) is 1.37. The lowest BCUT2D eigenvalue weighted by molar-refractivity contribution is -0.104. The summed E-state index contributed by atoms with van der Waals surface area (Å²) in [5, 5.41) is 4.24. The molecule has 0 saturated carbocycles. The van der Waals surface area contributed by atoms with E-state index in [-0.39, 0.29) is 10.9 Å². The van der Waals surface area contributed by atoms with Crippen LogP contribution in [0, 0.1) is 0 Å². The first-order valence-corrected chi connectivity index (χ1v) is 5.63. The lowest BCUT2D eigenvalue weighted by Crippen LogP contribution is -2.00. The molecular formula is C10H10NOS+. The molecule has 1 unspecified atom stereocenters. The molecule has 0 spiro atoms. The van der Waals surface area contributed by atoms with Gasteiger partial charge in [0.25, 0.3) is 0 Å². The highest BCUT2D eigenvalue weighted by Gasteiger charge is 2.32. The van der Waals surface area contributed by atoms with Gasteiger partial charge in [0.05, 0.1) is 22.7 Å². The second kappa shape index (κ2) is 3.26. The Bertz CT molecular complexity index is 373. The maximum absolute atomic E-state index is 10.3. The first kappa shape index (κ1) is 8.38. The molecule has 0 amide bonds. The Labute approximate surface area is 80.0 Å². The van der Waals surface area contributed by atoms with Crippen LogP contribution in [0.2, 0.25) is 0 Å². The maximum atomic E-state index is 10.3. The van der Waals surface area contributed by atoms with Crippen LogP contribution in [0.25, 0.3) is 0 Å². The summed E-state index contributed by atoms with van der Waals surface area (Å²) in [6, 6.07) is 8.14. The van der Waals surface area contributed by atoms with E-state index in [0.717, 1.165) is 17.0 Å². The highest BCUT2D eigenvalue weighted by atomic mass is 32.2. The number of carbonyl (C=O) groups excluding carboxylic acids is 1. The van der Waals surface area contributed by atoms with Crippen molar-refractivity contribution in [1.82, 2.24) is 0 Å². The quantitative estimate of drug-likeness (QED) is 0.417. The van der Waals surface area contributed by atoms with Crippen molar-refractivity contribution in [1.29, 1.82) is 0 Å². The van der Waals surface area contributed by atoms with Gasteiger partial charge in [0.15, 0.2) is 4.90 Å². The zero-order valence-electron chi connectivity index (χ0n) is 7.28. The van der Waals surface area contributed by atoms with Gasteiger partial charge in [0.2, 0.25) is 5.03 Å². The van der Waals surface area contributed by atoms with Gasteiger partial charge in [0.1, 0.15) is 12.5 Å². The molecule has 1 aromatic rings. The number of aldehydes is 1. The predicted octanol–water partition coefficient (Wildman–Crippen LogP) is 1.76. The molecule has 2 rings (SSSR count). The van der Waals surface area contributed by atoms with Crippen molar-refractivity contribution in [3.05, 3.63) is 35.4 Å². The van der Waals surface area contributed by atoms with Crippen LogP contribution in [0.1, 0.15) is 0 Å². The zero-order chi connectivity index (χ0) is 9.26. The van der Waals surface area contributed by atoms with Crippen molar-refractivity contribution in [2.45, 2.75) is 4.90 Å². The van der Waals surface area contributed by atoms with Gasteiger partial charge >= 0.3 is 0 Å². The van der Waals surface area contributed by atoms with Crippen LogP contribution in [-0.4, -0.2) is 12.5 Å². The summed E-state index contributed by atoms with van der Waals surface area (Å²) in [5.74, 6) is 0. The van der Waals surface area contributed by atoms with Crippen molar-refractivity contribution in [3.63, 3.8) is 0 Å². The van der Waals surface area contributed by atoms with E-state index < -0.39 is 0 Å². The molecule has 1 N–H and O–H groups in total. The van der Waals surface area contributed by atoms with Gasteiger partial charge in [-0.05, 0) is 12.1 Å². The lowest BCUT2D eigenvalue weighted by Gasteiger charge is -1.90. The summed E-state index contributed by atoms with van der Waals surface area (Å²) in [6.45, 7) is 0. The Morgan fingerprint density at radius 2 is 2.15 bits per heavy atom. The zero-order valence-corrected chi connectivity index (χ0v) is 8.10. The molecule has 1 atom stereocenters. The largest absolute Gasteiger partial charge is 0.311 e. The molecule has 66 valence electrons. The summed E-state index contributed by atoms with van der Waals surface area (Å²) in [7, 11) is 0.0333. The van der Waals surface area contributed by atoms with Crippen LogP contribution < -0.4 is 5.32 Å². The topological polar surface area (TPSA) is 29.1 Å². The number of para-hydroxylation sites is 1. The molecule has 0 fully saturated rings. The molecule has 13 heavy (non-hydrogen) atoms. The van der Waals surface area contributed by atoms with Crippen molar-refractivity contribution >= 4 is 22.9 Å². The number of fused-ring (bicyclic) bond motifs is 1. The summed E-state index contributed by atoms with van der Waals surface area (Å²) in [4.78, 5) is 11.6. The molecule has 3 heteroatoms. The molecule has 1 aliphatic heterocycles. The van der Waals surface area contributed by atoms with E-state index in [4.69, 9.17) is 0 Å². The second-order valence-corrected chi connectivity index (χ2v) is 4.70. The number of nitrogens with one attached hydrogen (secondary N) is 1. The molecule has 2 nitrogen and oxygen atoms in total. The smallest absolute Gasteiger partial charge is 0.234 e. The van der Waals surface area contributed by atoms with Crippen molar-refractivity contribution in [3.8, 4) is 0 Å². The van der Waals surface area contributed by atoms with Gasteiger partial charge in [0, 0.05) is 0 Å². The van der Waals surface area contributed by atoms with Crippen LogP contribution in [0.5, 0.6) is 0 Å². The number of carbonyl (C=O) groups is 1. The number of hydrogen-bond acceptors (Lipinski definition) is 2. The standard InChI is InChI=1S/C10H9NOS/c1-13-9-5-3-2-4-8(9)11-10(13)6-7-12/h2-7H,1H3/p+1. The van der Waals surface area contributed by atoms with Gasteiger partial charge in [-0.1, -0.05) is 12.1 Å². The fraction of sp³-hybridized carbons (Fsp3) is 0.100. The van der Waals surface area contributed by atoms with Gasteiger partial charge in [-0.2, -0.15) is 0 Å². The Balaban J connectivity index is 2.43. The van der Waals surface area contributed by atoms with Crippen molar-refractivity contribution < 1.29 is 4.79 Å². The molecule has 0 aliphatic carbocycles. The second-order valence-electron chi connectivity index (χ2n) is 2.80. The third-order valence-electron chi connectivity index (χ3n) is 2.02. The van der Waals surface area contributed by atoms with E-state index in [1.807, 2.05) is 18.2 Å². The normalized spacial score (nSPS) is 22.5. The molecule has 1 aliphatic rings. The minimum Gasteiger partial charge on any atom is -0.311 e. The third kappa shape index (κ3) is 1.35. The molecule has 0 aromatic heterocycles. The van der Waals surface area contributed by atoms with Crippen LogP contribution in [0.3, 0.4) is 0 Å². The molecule has 1 aromatic carbocycles. The third-order valence-corrected chi connectivity index (χ3v) is 3.94. The number of rotatable bonds is 1. The van der Waals surface area contributed by atoms with E-state index in [2.05, 4.69) is 17.6 Å². The van der Waals surface area contributed by atoms with Crippen molar-refractivity contribution in [2.75, 3.05) is 11.6 Å². The van der Waals surface area contributed by atoms with E-state index in [1.54, 1.807) is 6.08 Å². The Morgan fingerprint density at radius 3 is 2.85 bits per heavy atom. The highest BCUT2D eigenvalue weighted by molar-refractivity contribution is 8.00. The first-order chi connectivity index (χ1) is 6.33. The fourth-order valence-corrected chi connectivity index (χ4v) is 2.86. The summed E-state index contributed by atoms with van der Waals surface area (Å²) in [5.41, 5.74) is 1.13. The predicted molar refractivity (Wildman–Crippen MR) is 55.8 cm³/mol. The highest BCUT2D eigenvalue weighted by Crippen LogP contribution is 2.34. The van der Waals surface area contributed by atoms with Crippen molar-refractivity contribution in [2.24, 2.45) is 0 Å². The Kier molecular flexibility index (Phi) is 2.10. The maximum Gasteiger partial charge on any atom is 0.234 e. The van der Waals surface area contributed by atoms with E-state index >= 15 is 0 Å². The minimum absolute atomic E-state index is 0.0333. The minimum atomic E-state index is 0.0333. The summed E-state index contributed by atoms with van der Waals surface area (Å²) < 4.78 is 0. The monoisotopic (exact) mass is 192 g/mol. The Morgan fingerprint density at radius 1 is 1.38 bits per heavy atom. The SMILES string of the molecule is C[S+]1C(=CC=O)Nc2ccccc21. The number of benzene rings is 1. The van der Waals surface area contributed by atoms with Crippen LogP contribution in [0.4, 0.5) is 5.69 Å². The average Bonchev–Trinajstić information content (AvgIpc) is 2.46. The average molecular weight is 192 g/mol. The van der Waals surface area contributed by atoms with Gasteiger partial charge in [-0.3, -0.25) is 4.79 Å². The number of hydrogen-bond donors (Lipinski definition) is 1. The Hall–Kier alpha value is -1.22. The molecular weight excluding hydrogens is 182 g/mol. The van der Waals surface area contributed by atoms with Crippen LogP contribution in [0.15, 0.2) is 40.3 Å². The molecule has 0 bridgehead atoms. The lowest BCUT2D eigenvalue weighted by atomic mass is 10.3. The van der Waals surface area contributed by atoms with Crippen LogP contribution in [-0.2, 0) is 15.7 Å². The molecule has 1 heterocycles. The summed E-state index contributed by atoms with van der Waals surface area (Å²) >= 11 is 0. The van der Waals surface area contributed by atoms with E-state index in [0.29, 0.717) is 0 Å². The molecule has 0 radical (unpaired) electrons. The van der Waals surface area contributed by atoms with Gasteiger partial charge < -0.3 is 5.32 Å². The summed E-state index contributed by atoms with van der Waals surface area (Å²) in [6.07, 6.45) is 4.55. The number of anilines is 1. The van der Waals surface area contributed by atoms with Gasteiger partial charge in [-0.25, -0.2) is 0 Å². The van der Waals surface area contributed by atoms with Crippen LogP contribution >= 0.6 is 0 Å². The van der Waals surface area contributed by atoms with Gasteiger partial charge in [-0.15, -0.1) is 0 Å².